The molecule has 2 unspecified atom stereocenters. The first kappa shape index (κ1) is 115. The Hall–Kier alpha value is -10.4. The number of ether oxygens (including phenoxy) is 8. The molecule has 8 heterocycles. The van der Waals surface area contributed by atoms with Crippen LogP contribution in [-0.4, -0.2) is 163 Å². The highest BCUT2D eigenvalue weighted by Crippen LogP contribution is 2.66. The van der Waals surface area contributed by atoms with Gasteiger partial charge in [0.2, 0.25) is 40.9 Å². The summed E-state index contributed by atoms with van der Waals surface area (Å²) in [6.45, 7) is 66.4. The zero-order valence-corrected chi connectivity index (χ0v) is 87.7. The summed E-state index contributed by atoms with van der Waals surface area (Å²) >= 11 is 0. The predicted molar refractivity (Wildman–Crippen MR) is 558 cm³/mol. The van der Waals surface area contributed by atoms with E-state index in [4.69, 9.17) is 76.9 Å². The lowest BCUT2D eigenvalue weighted by molar-refractivity contribution is -0.276. The molecule has 0 radical (unpaired) electrons. The van der Waals surface area contributed by atoms with Gasteiger partial charge >= 0.3 is 0 Å². The molecule has 6 aromatic heterocycles. The van der Waals surface area contributed by atoms with Crippen molar-refractivity contribution in [3.8, 4) is 29.4 Å². The van der Waals surface area contributed by atoms with E-state index in [0.717, 1.165) is 195 Å². The van der Waals surface area contributed by atoms with Crippen molar-refractivity contribution in [1.29, 1.82) is 0 Å². The molecule has 12 aliphatic carbocycles. The van der Waals surface area contributed by atoms with Crippen molar-refractivity contribution in [2.75, 3.05) is 55.9 Å². The number of methoxy groups -OCH3 is 6. The first-order valence-corrected chi connectivity index (χ1v) is 49.2. The Kier molecular flexibility index (Phi) is 33.3. The van der Waals surface area contributed by atoms with Gasteiger partial charge in [0, 0.05) is 143 Å². The molecule has 0 aromatic carbocycles. The normalized spacial score (nSPS) is 30.3. The number of fused-ring (bicyclic) bond motifs is 18. The second-order valence-corrected chi connectivity index (χ2v) is 45.7. The number of carbonyl (C=O) groups excluding carboxylic acids is 4. The summed E-state index contributed by atoms with van der Waals surface area (Å²) in [7, 11) is 11.2. The summed E-state index contributed by atoms with van der Waals surface area (Å²) < 4.78 is 56.8. The lowest BCUT2D eigenvalue weighted by atomic mass is 9.49. The number of carbonyl (C=O) groups is 4. The molecule has 29 nitrogen and oxygen atoms in total. The first-order valence-electron chi connectivity index (χ1n) is 50.2. The third-order valence-corrected chi connectivity index (χ3v) is 35.8. The number of aryl methyl sites for hydroxylation is 5. The average Bonchev–Trinajstić information content (AvgIpc) is 1.38. The number of Topliss-reactive ketones (excluding diaryl/α,β-unsaturated/α-hetero) is 4. The minimum absolute atomic E-state index is 0. The zero-order chi connectivity index (χ0) is 102. The van der Waals surface area contributed by atoms with E-state index in [2.05, 4.69) is 138 Å². The molecule has 0 amide bonds. The smallest absolute Gasteiger partial charge is 0.282 e. The van der Waals surface area contributed by atoms with E-state index in [9.17, 15) is 24.3 Å². The van der Waals surface area contributed by atoms with Gasteiger partial charge in [-0.25, -0.2) is 41.3 Å². The summed E-state index contributed by atoms with van der Waals surface area (Å²) in [6.07, 6.45) is 21.0. The number of rotatable bonds is 6. The Bertz CT molecular complexity index is 6070. The molecule has 14 atom stereocenters. The number of hydrogen-bond donors (Lipinski definition) is 2. The van der Waals surface area contributed by atoms with Crippen LogP contribution in [0.5, 0.6) is 29.4 Å². The van der Waals surface area contributed by atoms with Gasteiger partial charge in [0.1, 0.15) is 46.5 Å². The molecule has 5 fully saturated rings. The van der Waals surface area contributed by atoms with Crippen molar-refractivity contribution in [2.24, 2.45) is 73.0 Å². The van der Waals surface area contributed by atoms with E-state index in [1.54, 1.807) is 42.7 Å². The van der Waals surface area contributed by atoms with Crippen LogP contribution in [0.2, 0.25) is 0 Å². The molecule has 0 bridgehead atoms. The molecule has 1 saturated heterocycles. The summed E-state index contributed by atoms with van der Waals surface area (Å²) in [5.41, 5.74) is 12.1. The monoisotopic (exact) mass is 1970 g/mol. The largest absolute Gasteiger partial charge is 0.515 e. The highest BCUT2D eigenvalue weighted by Gasteiger charge is 2.67. The molecule has 14 aliphatic rings. The van der Waals surface area contributed by atoms with Gasteiger partial charge in [-0.3, -0.25) is 14.4 Å². The summed E-state index contributed by atoms with van der Waals surface area (Å²) in [5, 5.41) is 17.1. The maximum absolute atomic E-state index is 12.7. The van der Waals surface area contributed by atoms with Gasteiger partial charge in [0.25, 0.3) is 6.04 Å². The van der Waals surface area contributed by atoms with Gasteiger partial charge in [0.15, 0.2) is 23.6 Å². The van der Waals surface area contributed by atoms with Crippen molar-refractivity contribution in [3.63, 3.8) is 0 Å². The van der Waals surface area contributed by atoms with E-state index < -0.39 is 33.5 Å². The van der Waals surface area contributed by atoms with E-state index in [0.29, 0.717) is 90.9 Å². The van der Waals surface area contributed by atoms with Crippen LogP contribution in [0.4, 0.5) is 0 Å². The van der Waals surface area contributed by atoms with Crippen molar-refractivity contribution in [1.82, 2.24) is 60.3 Å². The molecule has 6 aromatic rings. The van der Waals surface area contributed by atoms with Gasteiger partial charge in [-0.1, -0.05) is 180 Å². The van der Waals surface area contributed by atoms with Crippen molar-refractivity contribution in [3.05, 3.63) is 161 Å². The maximum atomic E-state index is 12.7. The molecule has 29 heteroatoms. The number of aliphatic hydroxyl groups excluding tert-OH is 1. The lowest BCUT2D eigenvalue weighted by Crippen LogP contribution is -2.61. The second-order valence-electron chi connectivity index (χ2n) is 45.7. The number of aliphatic imine (C=N–C) groups is 1. The Morgan fingerprint density at radius 1 is 0.455 bits per heavy atom. The quantitative estimate of drug-likeness (QED) is 0.0888. The Labute approximate surface area is 854 Å². The van der Waals surface area contributed by atoms with Gasteiger partial charge in [-0.15, -0.1) is 0 Å². The molecule has 2 N–H and O–H groups in total. The standard InChI is InChI=1S/C19H28N2O3.C18H23N3O2.C18H25N3O2.C18H21N3O2.C18H24N2O3.C17H24N2O2.6CH4/c1-12-20-15-13(16(21-12)22-5)6-7-14-17(2,3)19(23-10-11-24-19)9-8-18(14,15)4;1-10-20-14-12(16(21-10)22-5)6-7-13-17(2,3)15-11(9-19-23-15)8-18(13,14)4;2*1-10-20-14-11(16(21-10)23-6)7-8-13-17(2,3)15(22)12(19-5)9-18(13,14)4;1-10-19-14-12(16(20-10)23-5)6-7-13-17(2,3)15(22)11(9-21)8-18(13,14)4;1-10-18-14-11(15(19-10)21-5)6-7-12-16(2,3)13(20)8-9-17(12,14)4;;;;;;/h14H,6-11H2,1-5H3;9,13H,6-8H2,1-5H3;12-13,16H,7-9H2,1-4,6H3,(H,20,21);9,13H,7-8H2,1-4,6H3;9,13,21H,6-8H2,1-5H3;12H,6-9H2,1-5H3;6*1H4/b;;;;11-9-;;;;;;;/t14-,18-;13-,18-;12?,13-,16?,18-;2*13-,18-;12-,17-;;;;;;/m000000....../s1/i;;;;;;1T;;;;;. The molecule has 143 heavy (non-hydrogen) atoms. The molecular weight excluding hydrogens is 1800 g/mol. The Balaban J connectivity index is 0.000000191. The number of amidine groups is 1. The fraction of sp³-hybridized carbons (Fsp3) is 0.684. The third-order valence-electron chi connectivity index (χ3n) is 35.8. The number of nitrogens with zero attached hydrogens (tertiary/aromatic N) is 14. The first-order chi connectivity index (χ1) is 65.3. The van der Waals surface area contributed by atoms with E-state index in [1.807, 2.05) is 95.4 Å². The average molecular weight is 1980 g/mol. The van der Waals surface area contributed by atoms with Crippen LogP contribution in [0, 0.1) is 116 Å². The van der Waals surface area contributed by atoms with E-state index in [1.165, 1.54) is 35.4 Å². The highest BCUT2D eigenvalue weighted by atomic mass is 16.7. The van der Waals surface area contributed by atoms with Crippen LogP contribution in [0.25, 0.3) is 9.69 Å². The second kappa shape index (κ2) is 41.5. The molecular formula is C114H169N15O14. The molecule has 1 spiro atoms. The lowest BCUT2D eigenvalue weighted by Gasteiger charge is -2.59. The van der Waals surface area contributed by atoms with Gasteiger partial charge in [-0.05, 0) is 180 Å². The number of aliphatic hydroxyl groups is 1. The highest BCUT2D eigenvalue weighted by molar-refractivity contribution is 6.03. The maximum Gasteiger partial charge on any atom is 0.282 e. The minimum Gasteiger partial charge on any atom is -0.515 e. The van der Waals surface area contributed by atoms with Crippen LogP contribution in [0.15, 0.2) is 50.6 Å². The molecule has 20 rings (SSSR count). The van der Waals surface area contributed by atoms with Gasteiger partial charge in [0.05, 0.1) is 96.3 Å². The number of allylic oxidation sites excluding steroid dienone is 4. The molecule has 2 aliphatic heterocycles. The van der Waals surface area contributed by atoms with Gasteiger partial charge < -0.3 is 62.5 Å². The Morgan fingerprint density at radius 2 is 0.846 bits per heavy atom. The third kappa shape index (κ3) is 18.6. The summed E-state index contributed by atoms with van der Waals surface area (Å²) in [6, 6.07) is -0.555. The fourth-order valence-electron chi connectivity index (χ4n) is 29.3. The van der Waals surface area contributed by atoms with Gasteiger partial charge in [-0.2, -0.15) is 24.9 Å². The van der Waals surface area contributed by atoms with Crippen molar-refractivity contribution >= 4 is 29.0 Å². The van der Waals surface area contributed by atoms with E-state index in [-0.39, 0.29) is 127 Å². The number of aromatic nitrogens is 11. The Morgan fingerprint density at radius 3 is 1.29 bits per heavy atom. The number of ketones is 4. The number of nitrogens with one attached hydrogen (secondary N) is 1. The molecule has 784 valence electrons. The van der Waals surface area contributed by atoms with E-state index >= 15 is 0 Å². The van der Waals surface area contributed by atoms with Crippen LogP contribution < -0.4 is 29.0 Å². The SMILES string of the molecule is C.C.C.C.C.COc1nc(C)nc2c1CC[C@H]1C(C)(C)C(=O)/C(=C\O)C[C@]21C.COc1nc(C)nc2c1CC[C@H]1C(C)(C)C(=O)CC[C@]21C.COc1nc(C)nc2c1CC[C@H]1C(C)(C)C3(CC[C@]21C)OCCO3.COc1nc(C)nc2c1CC[C@H]1C(C)(C)c3oncc3C[C@]21C.[3H]C.[C-]#[N+]C1=C[C@]2(C)c3nc(C)nc(OC)c3CC[C@H]2C(C)(C)C1=O.[C-]#[N+]C1C[C@]2(C)C3=C(CC[C@H]2C(C)(C)C1=O)C(OC)N=C(C)N3. The fourth-order valence-corrected chi connectivity index (χ4v) is 29.3. The number of hydrogen-bond acceptors (Lipinski definition) is 27. The topological polar surface area (TPSA) is 350 Å². The predicted octanol–water partition coefficient (Wildman–Crippen LogP) is 22.2. The van der Waals surface area contributed by atoms with Crippen LogP contribution in [-0.2, 0) is 104 Å². The van der Waals surface area contributed by atoms with Crippen LogP contribution in [0.3, 0.4) is 0 Å². The van der Waals surface area contributed by atoms with Crippen LogP contribution in [0.1, 0.15) is 358 Å². The summed E-state index contributed by atoms with van der Waals surface area (Å²) in [4.78, 5) is 108. The summed E-state index contributed by atoms with van der Waals surface area (Å²) in [5.74, 6) is 10.8. The van der Waals surface area contributed by atoms with Crippen molar-refractivity contribution < 1.29 is 68.1 Å². The van der Waals surface area contributed by atoms with Crippen LogP contribution >= 0.6 is 0 Å². The minimum atomic E-state index is -0.576. The zero-order valence-electron chi connectivity index (χ0n) is 88.7. The molecule has 4 saturated carbocycles. The van der Waals surface area contributed by atoms with Crippen molar-refractivity contribution in [2.45, 2.75) is 383 Å².